The minimum absolute atomic E-state index is 0.208. The standard InChI is InChI=1S/C19H24N3O4P/c1-19(2,3)26-18(25)21-15-10-4-12(5-11-15)16(23)20-14-8-6-13(7-9-14)17(24)22-27/h4-11,16,20,23H,27H2,1-3H3,(H,21,25)(H,22,24). The first kappa shape index (κ1) is 20.7. The lowest BCUT2D eigenvalue weighted by molar-refractivity contribution is 0.0635. The molecule has 2 atom stereocenters. The summed E-state index contributed by atoms with van der Waals surface area (Å²) in [5.74, 6) is -0.208. The molecule has 27 heavy (non-hydrogen) atoms. The SMILES string of the molecule is CC(C)(C)OC(=O)Nc1ccc(C(O)Nc2ccc(C(=O)NP)cc2)cc1. The summed E-state index contributed by atoms with van der Waals surface area (Å²) >= 11 is 0. The highest BCUT2D eigenvalue weighted by molar-refractivity contribution is 7.15. The van der Waals surface area contributed by atoms with Gasteiger partial charge in [-0.05, 0) is 66.6 Å². The number of aliphatic hydroxyl groups is 1. The summed E-state index contributed by atoms with van der Waals surface area (Å²) in [6, 6.07) is 13.5. The van der Waals surface area contributed by atoms with Gasteiger partial charge in [0, 0.05) is 22.5 Å². The first-order chi connectivity index (χ1) is 12.7. The van der Waals surface area contributed by atoms with Gasteiger partial charge < -0.3 is 20.2 Å². The highest BCUT2D eigenvalue weighted by Crippen LogP contribution is 2.20. The van der Waals surface area contributed by atoms with Crippen molar-refractivity contribution in [2.24, 2.45) is 0 Å². The molecule has 0 saturated carbocycles. The summed E-state index contributed by atoms with van der Waals surface area (Å²) in [5, 5.41) is 18.4. The summed E-state index contributed by atoms with van der Waals surface area (Å²) in [6.07, 6.45) is -1.48. The molecule has 0 heterocycles. The van der Waals surface area contributed by atoms with Crippen molar-refractivity contribution in [2.45, 2.75) is 32.6 Å². The largest absolute Gasteiger partial charge is 0.444 e. The van der Waals surface area contributed by atoms with Crippen LogP contribution >= 0.6 is 9.39 Å². The second-order valence-electron chi connectivity index (χ2n) is 6.85. The van der Waals surface area contributed by atoms with Crippen LogP contribution in [0.2, 0.25) is 0 Å². The van der Waals surface area contributed by atoms with Crippen LogP contribution in [0.25, 0.3) is 0 Å². The van der Waals surface area contributed by atoms with Gasteiger partial charge in [0.1, 0.15) is 5.60 Å². The fourth-order valence-corrected chi connectivity index (χ4v) is 2.38. The highest BCUT2D eigenvalue weighted by Gasteiger charge is 2.16. The molecule has 144 valence electrons. The van der Waals surface area contributed by atoms with Gasteiger partial charge in [0.05, 0.1) is 0 Å². The van der Waals surface area contributed by atoms with E-state index in [1.54, 1.807) is 69.3 Å². The van der Waals surface area contributed by atoms with Gasteiger partial charge in [0.15, 0.2) is 6.23 Å². The van der Waals surface area contributed by atoms with Crippen LogP contribution in [0.3, 0.4) is 0 Å². The predicted molar refractivity (Wildman–Crippen MR) is 108 cm³/mol. The number of carbonyl (C=O) groups is 2. The molecule has 4 N–H and O–H groups in total. The predicted octanol–water partition coefficient (Wildman–Crippen LogP) is 3.66. The number of amides is 2. The lowest BCUT2D eigenvalue weighted by Crippen LogP contribution is -2.27. The van der Waals surface area contributed by atoms with Gasteiger partial charge in [-0.1, -0.05) is 12.1 Å². The van der Waals surface area contributed by atoms with Crippen LogP contribution in [0, 0.1) is 0 Å². The molecular formula is C19H24N3O4P. The van der Waals surface area contributed by atoms with Crippen LogP contribution in [-0.4, -0.2) is 22.7 Å². The van der Waals surface area contributed by atoms with Crippen LogP contribution in [0.1, 0.15) is 42.9 Å². The lowest BCUT2D eigenvalue weighted by Gasteiger charge is -2.20. The molecular weight excluding hydrogens is 365 g/mol. The molecule has 2 aromatic carbocycles. The zero-order valence-corrected chi connectivity index (χ0v) is 16.6. The summed E-state index contributed by atoms with van der Waals surface area (Å²) in [5.41, 5.74) is 1.79. The summed E-state index contributed by atoms with van der Waals surface area (Å²) in [6.45, 7) is 5.37. The van der Waals surface area contributed by atoms with Crippen molar-refractivity contribution in [3.63, 3.8) is 0 Å². The Morgan fingerprint density at radius 2 is 1.56 bits per heavy atom. The molecule has 0 saturated heterocycles. The first-order valence-electron chi connectivity index (χ1n) is 8.33. The van der Waals surface area contributed by atoms with E-state index in [2.05, 4.69) is 25.1 Å². The van der Waals surface area contributed by atoms with Gasteiger partial charge >= 0.3 is 6.09 Å². The Hall–Kier alpha value is -2.63. The summed E-state index contributed by atoms with van der Waals surface area (Å²) < 4.78 is 5.19. The molecule has 0 aromatic heterocycles. The third-order valence-electron chi connectivity index (χ3n) is 3.45. The summed E-state index contributed by atoms with van der Waals surface area (Å²) in [7, 11) is 2.15. The van der Waals surface area contributed by atoms with Crippen molar-refractivity contribution in [1.29, 1.82) is 0 Å². The summed E-state index contributed by atoms with van der Waals surface area (Å²) in [4.78, 5) is 23.3. The van der Waals surface area contributed by atoms with Crippen molar-refractivity contribution in [2.75, 3.05) is 10.6 Å². The minimum Gasteiger partial charge on any atom is -0.444 e. The lowest BCUT2D eigenvalue weighted by atomic mass is 10.1. The molecule has 0 bridgehead atoms. The number of carbonyl (C=O) groups excluding carboxylic acids is 2. The second kappa shape index (κ2) is 8.84. The van der Waals surface area contributed by atoms with Crippen LogP contribution in [0.15, 0.2) is 48.5 Å². The molecule has 0 fully saturated rings. The van der Waals surface area contributed by atoms with Crippen molar-refractivity contribution in [3.05, 3.63) is 59.7 Å². The molecule has 0 aliphatic heterocycles. The normalized spacial score (nSPS) is 12.0. The van der Waals surface area contributed by atoms with E-state index in [4.69, 9.17) is 4.74 Å². The molecule has 2 amide bonds. The zero-order chi connectivity index (χ0) is 20.0. The number of ether oxygens (including phenoxy) is 1. The molecule has 2 rings (SSSR count). The van der Waals surface area contributed by atoms with Crippen LogP contribution in [0.4, 0.5) is 16.2 Å². The Labute approximate surface area is 160 Å². The van der Waals surface area contributed by atoms with E-state index < -0.39 is 17.9 Å². The number of benzene rings is 2. The monoisotopic (exact) mass is 389 g/mol. The maximum atomic E-state index is 11.8. The number of aliphatic hydroxyl groups excluding tert-OH is 1. The number of nitrogens with one attached hydrogen (secondary N) is 3. The molecule has 0 spiro atoms. The average molecular weight is 389 g/mol. The topological polar surface area (TPSA) is 99.7 Å². The third kappa shape index (κ3) is 6.55. The van der Waals surface area contributed by atoms with E-state index in [1.807, 2.05) is 0 Å². The Morgan fingerprint density at radius 1 is 1.00 bits per heavy atom. The quantitative estimate of drug-likeness (QED) is 0.462. The number of anilines is 2. The molecule has 0 aliphatic rings. The van der Waals surface area contributed by atoms with E-state index in [9.17, 15) is 14.7 Å². The zero-order valence-electron chi connectivity index (χ0n) is 15.4. The Morgan fingerprint density at radius 3 is 2.07 bits per heavy atom. The first-order valence-corrected chi connectivity index (χ1v) is 8.91. The smallest absolute Gasteiger partial charge is 0.412 e. The maximum absolute atomic E-state index is 11.8. The molecule has 7 nitrogen and oxygen atoms in total. The molecule has 2 unspecified atom stereocenters. The van der Waals surface area contributed by atoms with Crippen molar-refractivity contribution < 1.29 is 19.4 Å². The van der Waals surface area contributed by atoms with Crippen LogP contribution in [-0.2, 0) is 4.74 Å². The van der Waals surface area contributed by atoms with Crippen molar-refractivity contribution in [3.8, 4) is 0 Å². The van der Waals surface area contributed by atoms with Gasteiger partial charge in [-0.25, -0.2) is 4.79 Å². The van der Waals surface area contributed by atoms with Crippen molar-refractivity contribution in [1.82, 2.24) is 5.09 Å². The third-order valence-corrected chi connectivity index (χ3v) is 3.72. The van der Waals surface area contributed by atoms with Gasteiger partial charge in [-0.3, -0.25) is 10.1 Å². The Balaban J connectivity index is 1.96. The Bertz CT molecular complexity index is 786. The highest BCUT2D eigenvalue weighted by atomic mass is 31.0. The average Bonchev–Trinajstić information content (AvgIpc) is 2.60. The van der Waals surface area contributed by atoms with Crippen LogP contribution < -0.4 is 15.7 Å². The molecule has 2 aromatic rings. The van der Waals surface area contributed by atoms with Gasteiger partial charge in [-0.15, -0.1) is 0 Å². The van der Waals surface area contributed by atoms with E-state index in [0.717, 1.165) is 0 Å². The van der Waals surface area contributed by atoms with E-state index in [0.29, 0.717) is 22.5 Å². The molecule has 0 radical (unpaired) electrons. The fraction of sp³-hybridized carbons (Fsp3) is 0.263. The Kier molecular flexibility index (Phi) is 6.77. The maximum Gasteiger partial charge on any atom is 0.412 e. The van der Waals surface area contributed by atoms with Crippen molar-refractivity contribution >= 4 is 32.8 Å². The number of hydrogen-bond donors (Lipinski definition) is 4. The van der Waals surface area contributed by atoms with Gasteiger partial charge in [0.25, 0.3) is 5.91 Å². The van der Waals surface area contributed by atoms with E-state index in [1.165, 1.54) is 0 Å². The number of hydrogen-bond acceptors (Lipinski definition) is 5. The number of rotatable bonds is 5. The van der Waals surface area contributed by atoms with E-state index in [-0.39, 0.29) is 5.91 Å². The van der Waals surface area contributed by atoms with Crippen LogP contribution in [0.5, 0.6) is 0 Å². The van der Waals surface area contributed by atoms with E-state index >= 15 is 0 Å². The molecule has 8 heteroatoms. The van der Waals surface area contributed by atoms with Gasteiger partial charge in [0.2, 0.25) is 0 Å². The molecule has 0 aliphatic carbocycles. The fourth-order valence-electron chi connectivity index (χ4n) is 2.21. The minimum atomic E-state index is -0.943. The second-order valence-corrected chi connectivity index (χ2v) is 7.14. The van der Waals surface area contributed by atoms with Gasteiger partial charge in [-0.2, -0.15) is 0 Å².